The van der Waals surface area contributed by atoms with E-state index >= 15 is 0 Å². The summed E-state index contributed by atoms with van der Waals surface area (Å²) in [5.74, 6) is 0.240. The van der Waals surface area contributed by atoms with Crippen molar-refractivity contribution in [2.75, 3.05) is 11.9 Å². The number of imidazole rings is 1. The number of halogens is 1. The van der Waals surface area contributed by atoms with Crippen LogP contribution >= 0.6 is 11.6 Å². The molecule has 3 aromatic rings. The molecule has 0 bridgehead atoms. The molecule has 2 fully saturated rings. The highest BCUT2D eigenvalue weighted by Crippen LogP contribution is 2.33. The standard InChI is InChI=1S/C22H25ClN6O4/c23-13-7-5-12(6-8-13)21(32)28-16-15(9-30)33-22(18(16)31)29-11-26-17-19(24-10-25-20(17)29)27-14-3-1-2-4-14/h5-8,10-11,14-16,18,22,30-31H,1-4,9H2,(H,28,32)(H,24,25,27)/t15-,16+,18-,22-/m1/s1. The third-order valence-electron chi connectivity index (χ3n) is 6.29. The van der Waals surface area contributed by atoms with Gasteiger partial charge < -0.3 is 25.6 Å². The van der Waals surface area contributed by atoms with Gasteiger partial charge >= 0.3 is 0 Å². The number of carbonyl (C=O) groups is 1. The molecule has 10 nitrogen and oxygen atoms in total. The summed E-state index contributed by atoms with van der Waals surface area (Å²) in [6, 6.07) is 5.92. The average Bonchev–Trinajstić information content (AvgIpc) is 3.55. The van der Waals surface area contributed by atoms with Crippen molar-refractivity contribution in [3.8, 4) is 0 Å². The third kappa shape index (κ3) is 4.26. The van der Waals surface area contributed by atoms with Gasteiger partial charge in [0.25, 0.3) is 5.91 Å². The Bertz CT molecular complexity index is 1130. The zero-order chi connectivity index (χ0) is 22.9. The first-order valence-electron chi connectivity index (χ1n) is 11.0. The van der Waals surface area contributed by atoms with Gasteiger partial charge in [0.15, 0.2) is 23.2 Å². The number of rotatable bonds is 6. The summed E-state index contributed by atoms with van der Waals surface area (Å²) in [5, 5.41) is 27.6. The van der Waals surface area contributed by atoms with Crippen LogP contribution in [0.5, 0.6) is 0 Å². The number of carbonyl (C=O) groups excluding carboxylic acids is 1. The van der Waals surface area contributed by atoms with Crippen molar-refractivity contribution in [2.24, 2.45) is 0 Å². The number of benzene rings is 1. The van der Waals surface area contributed by atoms with Crippen LogP contribution in [0, 0.1) is 0 Å². The maximum Gasteiger partial charge on any atom is 0.251 e. The molecule has 1 amide bonds. The van der Waals surface area contributed by atoms with Crippen molar-refractivity contribution < 1.29 is 19.7 Å². The van der Waals surface area contributed by atoms with E-state index < -0.39 is 30.4 Å². The maximum absolute atomic E-state index is 12.7. The van der Waals surface area contributed by atoms with Crippen LogP contribution in [0.4, 0.5) is 5.82 Å². The summed E-state index contributed by atoms with van der Waals surface area (Å²) in [4.78, 5) is 25.8. The van der Waals surface area contributed by atoms with E-state index in [1.807, 2.05) is 0 Å². The van der Waals surface area contributed by atoms with Crippen LogP contribution < -0.4 is 10.6 Å². The number of nitrogens with one attached hydrogen (secondary N) is 2. The molecule has 2 aromatic heterocycles. The van der Waals surface area contributed by atoms with Crippen molar-refractivity contribution in [1.82, 2.24) is 24.8 Å². The highest BCUT2D eigenvalue weighted by Gasteiger charge is 2.45. The van der Waals surface area contributed by atoms with E-state index in [2.05, 4.69) is 25.6 Å². The summed E-state index contributed by atoms with van der Waals surface area (Å²) in [6.07, 6.45) is 4.69. The van der Waals surface area contributed by atoms with Gasteiger partial charge in [0, 0.05) is 16.6 Å². The van der Waals surface area contributed by atoms with Gasteiger partial charge in [-0.1, -0.05) is 24.4 Å². The number of aliphatic hydroxyl groups is 2. The van der Waals surface area contributed by atoms with Crippen molar-refractivity contribution >= 4 is 34.5 Å². The first kappa shape index (κ1) is 22.0. The molecular weight excluding hydrogens is 448 g/mol. The zero-order valence-electron chi connectivity index (χ0n) is 17.8. The Balaban J connectivity index is 1.38. The fraction of sp³-hybridized carbons (Fsp3) is 0.455. The second-order valence-electron chi connectivity index (χ2n) is 8.42. The molecule has 0 spiro atoms. The van der Waals surface area contributed by atoms with E-state index in [0.29, 0.717) is 33.6 Å². The normalized spacial score (nSPS) is 25.5. The Morgan fingerprint density at radius 2 is 1.94 bits per heavy atom. The van der Waals surface area contributed by atoms with E-state index in [4.69, 9.17) is 16.3 Å². The predicted molar refractivity (Wildman–Crippen MR) is 121 cm³/mol. The number of hydrogen-bond donors (Lipinski definition) is 4. The van der Waals surface area contributed by atoms with Crippen molar-refractivity contribution in [3.63, 3.8) is 0 Å². The molecule has 2 aliphatic rings. The first-order valence-corrected chi connectivity index (χ1v) is 11.4. The minimum absolute atomic E-state index is 0.354. The smallest absolute Gasteiger partial charge is 0.251 e. The molecule has 174 valence electrons. The van der Waals surface area contributed by atoms with Gasteiger partial charge in [0.2, 0.25) is 0 Å². The lowest BCUT2D eigenvalue weighted by molar-refractivity contribution is -0.0489. The van der Waals surface area contributed by atoms with Gasteiger partial charge in [0.05, 0.1) is 19.0 Å². The number of anilines is 1. The van der Waals surface area contributed by atoms with Crippen molar-refractivity contribution in [2.45, 2.75) is 56.2 Å². The van der Waals surface area contributed by atoms with Gasteiger partial charge in [-0.05, 0) is 37.1 Å². The van der Waals surface area contributed by atoms with Crippen molar-refractivity contribution in [3.05, 3.63) is 47.5 Å². The average molecular weight is 473 g/mol. The molecule has 3 heterocycles. The second kappa shape index (κ2) is 9.22. The maximum atomic E-state index is 12.7. The van der Waals surface area contributed by atoms with Crippen LogP contribution in [0.1, 0.15) is 42.3 Å². The molecule has 4 N–H and O–H groups in total. The van der Waals surface area contributed by atoms with E-state index in [0.717, 1.165) is 12.8 Å². The molecule has 5 rings (SSSR count). The Morgan fingerprint density at radius 1 is 1.18 bits per heavy atom. The Morgan fingerprint density at radius 3 is 2.67 bits per heavy atom. The van der Waals surface area contributed by atoms with Crippen LogP contribution in [0.25, 0.3) is 11.2 Å². The van der Waals surface area contributed by atoms with Crippen molar-refractivity contribution in [1.29, 1.82) is 0 Å². The lowest BCUT2D eigenvalue weighted by Crippen LogP contribution is -2.48. The van der Waals surface area contributed by atoms with Crippen LogP contribution in [0.3, 0.4) is 0 Å². The number of amides is 1. The minimum atomic E-state index is -1.14. The monoisotopic (exact) mass is 472 g/mol. The van der Waals surface area contributed by atoms with Crippen LogP contribution in [-0.2, 0) is 4.74 Å². The number of aromatic nitrogens is 4. The molecule has 33 heavy (non-hydrogen) atoms. The molecule has 11 heteroatoms. The Hall–Kier alpha value is -2.79. The molecular formula is C22H25ClN6O4. The van der Waals surface area contributed by atoms with Gasteiger partial charge in [-0.25, -0.2) is 15.0 Å². The first-order chi connectivity index (χ1) is 16.0. The topological polar surface area (TPSA) is 134 Å². The Labute approximate surface area is 195 Å². The fourth-order valence-corrected chi connectivity index (χ4v) is 4.68. The van der Waals surface area contributed by atoms with E-state index in [-0.39, 0.29) is 6.61 Å². The zero-order valence-corrected chi connectivity index (χ0v) is 18.5. The molecule has 1 aliphatic heterocycles. The van der Waals surface area contributed by atoms with Gasteiger partial charge in [0.1, 0.15) is 18.5 Å². The minimum Gasteiger partial charge on any atom is -0.394 e. The lowest BCUT2D eigenvalue weighted by atomic mass is 10.1. The summed E-state index contributed by atoms with van der Waals surface area (Å²) < 4.78 is 7.53. The highest BCUT2D eigenvalue weighted by atomic mass is 35.5. The SMILES string of the molecule is O=C(N[C@@H]1[C@@H](O)[C@H](n2cnc3c(NC4CCCC4)ncnc32)O[C@@H]1CO)c1ccc(Cl)cc1. The van der Waals surface area contributed by atoms with Gasteiger partial charge in [-0.15, -0.1) is 0 Å². The molecule has 1 aromatic carbocycles. The molecule has 4 atom stereocenters. The molecule has 1 saturated carbocycles. The number of nitrogens with zero attached hydrogens (tertiary/aromatic N) is 4. The second-order valence-corrected chi connectivity index (χ2v) is 8.85. The van der Waals surface area contributed by atoms with Gasteiger partial charge in [-0.2, -0.15) is 0 Å². The summed E-state index contributed by atoms with van der Waals surface area (Å²) >= 11 is 5.89. The third-order valence-corrected chi connectivity index (χ3v) is 6.54. The predicted octanol–water partition coefficient (Wildman–Crippen LogP) is 1.88. The van der Waals surface area contributed by atoms with E-state index in [1.165, 1.54) is 25.5 Å². The van der Waals surface area contributed by atoms with Crippen LogP contribution in [0.15, 0.2) is 36.9 Å². The fourth-order valence-electron chi connectivity index (χ4n) is 4.55. The highest BCUT2D eigenvalue weighted by molar-refractivity contribution is 6.30. The number of ether oxygens (including phenoxy) is 1. The van der Waals surface area contributed by atoms with E-state index in [9.17, 15) is 15.0 Å². The lowest BCUT2D eigenvalue weighted by Gasteiger charge is -2.21. The number of hydrogen-bond acceptors (Lipinski definition) is 8. The quantitative estimate of drug-likeness (QED) is 0.427. The summed E-state index contributed by atoms with van der Waals surface area (Å²) in [5.41, 5.74) is 1.46. The molecule has 0 radical (unpaired) electrons. The summed E-state index contributed by atoms with van der Waals surface area (Å²) in [7, 11) is 0. The number of aliphatic hydroxyl groups excluding tert-OH is 2. The van der Waals surface area contributed by atoms with E-state index in [1.54, 1.807) is 28.8 Å². The molecule has 1 aliphatic carbocycles. The summed E-state index contributed by atoms with van der Waals surface area (Å²) in [6.45, 7) is -0.380. The Kier molecular flexibility index (Phi) is 6.15. The van der Waals surface area contributed by atoms with Crippen LogP contribution in [-0.4, -0.2) is 66.5 Å². The van der Waals surface area contributed by atoms with Crippen LogP contribution in [0.2, 0.25) is 5.02 Å². The number of fused-ring (bicyclic) bond motifs is 1. The largest absolute Gasteiger partial charge is 0.394 e. The molecule has 1 saturated heterocycles. The van der Waals surface area contributed by atoms with Gasteiger partial charge in [-0.3, -0.25) is 9.36 Å². The molecule has 0 unspecified atom stereocenters.